The van der Waals surface area contributed by atoms with Gasteiger partial charge in [0.1, 0.15) is 17.9 Å². The number of carbonyl (C=O) groups is 3. The number of nitrogens with one attached hydrogen (secondary N) is 3. The van der Waals surface area contributed by atoms with Crippen LogP contribution in [0.15, 0.2) is 66.7 Å². The normalized spacial score (nSPS) is 18.6. The highest BCUT2D eigenvalue weighted by Gasteiger charge is 2.49. The van der Waals surface area contributed by atoms with Crippen LogP contribution in [0, 0.1) is 0 Å². The van der Waals surface area contributed by atoms with Crippen LogP contribution in [0.5, 0.6) is 0 Å². The average molecular weight is 502 g/mol. The van der Waals surface area contributed by atoms with E-state index in [1.54, 1.807) is 18.7 Å². The molecule has 36 heavy (non-hydrogen) atoms. The molecule has 1 saturated heterocycles. The number of aromatic amines is 1. The highest BCUT2D eigenvalue weighted by atomic mass is 32.2. The van der Waals surface area contributed by atoms with Gasteiger partial charge in [0.25, 0.3) is 5.91 Å². The van der Waals surface area contributed by atoms with Crippen molar-refractivity contribution in [3.05, 3.63) is 78.1 Å². The fourth-order valence-corrected chi connectivity index (χ4v) is 5.04. The summed E-state index contributed by atoms with van der Waals surface area (Å²) in [6.45, 7) is 1.30. The van der Waals surface area contributed by atoms with Crippen LogP contribution in [0.1, 0.15) is 30.8 Å². The molecule has 1 aliphatic heterocycles. The zero-order valence-electron chi connectivity index (χ0n) is 20.1. The second-order valence-electron chi connectivity index (χ2n) is 9.05. The van der Waals surface area contributed by atoms with Crippen molar-refractivity contribution in [1.82, 2.24) is 25.5 Å². The Balaban J connectivity index is 1.33. The summed E-state index contributed by atoms with van der Waals surface area (Å²) in [6.07, 6.45) is 2.65. The van der Waals surface area contributed by atoms with Crippen molar-refractivity contribution in [2.75, 3.05) is 18.6 Å². The van der Waals surface area contributed by atoms with Gasteiger partial charge in [-0.05, 0) is 59.9 Å². The van der Waals surface area contributed by atoms with E-state index in [9.17, 15) is 14.4 Å². The maximum absolute atomic E-state index is 13.4. The summed E-state index contributed by atoms with van der Waals surface area (Å²) in [4.78, 5) is 48.1. The second-order valence-corrected chi connectivity index (χ2v) is 10.0. The molecule has 2 unspecified atom stereocenters. The molecular weight excluding hydrogens is 474 g/mol. The monoisotopic (exact) mass is 501 g/mol. The lowest BCUT2D eigenvalue weighted by molar-refractivity contribution is -0.135. The molecule has 4 aromatic rings. The highest BCUT2D eigenvalue weighted by Crippen LogP contribution is 2.31. The molecule has 1 fully saturated rings. The van der Waals surface area contributed by atoms with E-state index in [0.29, 0.717) is 17.8 Å². The predicted octanol–water partition coefficient (Wildman–Crippen LogP) is 4.09. The first-order valence-electron chi connectivity index (χ1n) is 11.8. The molecule has 0 radical (unpaired) electrons. The summed E-state index contributed by atoms with van der Waals surface area (Å²) in [6, 6.07) is 20.2. The van der Waals surface area contributed by atoms with Crippen molar-refractivity contribution in [1.29, 1.82) is 0 Å². The number of H-pyrrole nitrogens is 1. The fraction of sp³-hybridized carbons (Fsp3) is 0.259. The third kappa shape index (κ3) is 4.42. The number of imidazole rings is 1. The summed E-state index contributed by atoms with van der Waals surface area (Å²) in [7, 11) is 0. The minimum absolute atomic E-state index is 0.370. The third-order valence-electron chi connectivity index (χ3n) is 6.59. The Hall–Kier alpha value is -3.85. The Morgan fingerprint density at radius 1 is 1.08 bits per heavy atom. The van der Waals surface area contributed by atoms with Gasteiger partial charge in [-0.2, -0.15) is 11.8 Å². The van der Waals surface area contributed by atoms with E-state index >= 15 is 0 Å². The molecular formula is C27H27N5O3S. The third-order valence-corrected chi connectivity index (χ3v) is 7.23. The molecule has 0 bridgehead atoms. The van der Waals surface area contributed by atoms with Gasteiger partial charge in [-0.15, -0.1) is 0 Å². The Labute approximate surface area is 212 Å². The number of para-hydroxylation sites is 2. The van der Waals surface area contributed by atoms with Gasteiger partial charge in [0.05, 0.1) is 17.1 Å². The predicted molar refractivity (Wildman–Crippen MR) is 142 cm³/mol. The lowest BCUT2D eigenvalue weighted by Gasteiger charge is -2.23. The van der Waals surface area contributed by atoms with E-state index in [1.807, 2.05) is 73.0 Å². The molecule has 3 N–H and O–H groups in total. The molecule has 8 nitrogen and oxygen atoms in total. The van der Waals surface area contributed by atoms with E-state index in [2.05, 4.69) is 20.6 Å². The Morgan fingerprint density at radius 3 is 2.61 bits per heavy atom. The van der Waals surface area contributed by atoms with Gasteiger partial charge in [0, 0.05) is 0 Å². The van der Waals surface area contributed by atoms with Crippen molar-refractivity contribution in [3.63, 3.8) is 0 Å². The van der Waals surface area contributed by atoms with Crippen molar-refractivity contribution in [2.24, 2.45) is 0 Å². The number of fused-ring (bicyclic) bond motifs is 2. The zero-order chi connectivity index (χ0) is 25.3. The minimum Gasteiger partial charge on any atom is -0.345 e. The summed E-state index contributed by atoms with van der Waals surface area (Å²) in [5.74, 6) is 0.581. The Kier molecular flexibility index (Phi) is 6.40. The standard InChI is InChI=1S/C27H27N5O3S/c1-27(19-12-11-17-7-3-4-8-18(17)15-19)25(34)32(26(35)31-27)16-23(33)28-22(13-14-36-2)24-29-20-9-5-6-10-21(20)30-24/h3-12,15,22H,13-14,16H2,1-2H3,(H,28,33)(H,29,30)(H,31,35). The molecule has 3 aromatic carbocycles. The van der Waals surface area contributed by atoms with E-state index in [0.717, 1.165) is 32.5 Å². The van der Waals surface area contributed by atoms with Crippen LogP contribution >= 0.6 is 11.8 Å². The van der Waals surface area contributed by atoms with E-state index in [-0.39, 0.29) is 12.6 Å². The van der Waals surface area contributed by atoms with Gasteiger partial charge in [0.15, 0.2) is 0 Å². The summed E-state index contributed by atoms with van der Waals surface area (Å²) >= 11 is 1.67. The molecule has 2 atom stereocenters. The number of amides is 4. The van der Waals surface area contributed by atoms with Crippen molar-refractivity contribution < 1.29 is 14.4 Å². The fourth-order valence-electron chi connectivity index (χ4n) is 4.57. The number of aromatic nitrogens is 2. The quantitative estimate of drug-likeness (QED) is 0.315. The molecule has 0 aliphatic carbocycles. The number of benzene rings is 3. The molecule has 0 spiro atoms. The lowest BCUT2D eigenvalue weighted by atomic mass is 9.90. The average Bonchev–Trinajstić information content (AvgIpc) is 3.41. The topological polar surface area (TPSA) is 107 Å². The van der Waals surface area contributed by atoms with Gasteiger partial charge < -0.3 is 15.6 Å². The zero-order valence-corrected chi connectivity index (χ0v) is 20.9. The summed E-state index contributed by atoms with van der Waals surface area (Å²) < 4.78 is 0. The molecule has 2 heterocycles. The molecule has 5 rings (SSSR count). The van der Waals surface area contributed by atoms with Gasteiger partial charge in [0.2, 0.25) is 5.91 Å². The highest BCUT2D eigenvalue weighted by molar-refractivity contribution is 7.98. The smallest absolute Gasteiger partial charge is 0.325 e. The van der Waals surface area contributed by atoms with Crippen LogP contribution in [-0.4, -0.2) is 51.3 Å². The molecule has 1 aromatic heterocycles. The number of thioether (sulfide) groups is 1. The van der Waals surface area contributed by atoms with Crippen molar-refractivity contribution >= 4 is 51.4 Å². The number of nitrogens with zero attached hydrogens (tertiary/aromatic N) is 2. The van der Waals surface area contributed by atoms with E-state index in [1.165, 1.54) is 0 Å². The first-order chi connectivity index (χ1) is 17.4. The maximum Gasteiger partial charge on any atom is 0.325 e. The van der Waals surface area contributed by atoms with Crippen LogP contribution in [0.3, 0.4) is 0 Å². The molecule has 0 saturated carbocycles. The lowest BCUT2D eigenvalue weighted by Crippen LogP contribution is -2.44. The summed E-state index contributed by atoms with van der Waals surface area (Å²) in [5, 5.41) is 7.77. The number of hydrogen-bond acceptors (Lipinski definition) is 5. The number of carbonyl (C=O) groups excluding carboxylic acids is 3. The van der Waals surface area contributed by atoms with Crippen LogP contribution in [0.4, 0.5) is 4.79 Å². The van der Waals surface area contributed by atoms with Gasteiger partial charge >= 0.3 is 6.03 Å². The largest absolute Gasteiger partial charge is 0.345 e. The SMILES string of the molecule is CSCCC(NC(=O)CN1C(=O)NC(C)(c2ccc3ccccc3c2)C1=O)c1nc2ccccc2[nH]1. The van der Waals surface area contributed by atoms with Crippen LogP contribution in [-0.2, 0) is 15.1 Å². The molecule has 184 valence electrons. The number of hydrogen-bond donors (Lipinski definition) is 3. The van der Waals surface area contributed by atoms with Crippen molar-refractivity contribution in [3.8, 4) is 0 Å². The first-order valence-corrected chi connectivity index (χ1v) is 13.1. The maximum atomic E-state index is 13.4. The van der Waals surface area contributed by atoms with Crippen molar-refractivity contribution in [2.45, 2.75) is 24.9 Å². The number of rotatable bonds is 8. The van der Waals surface area contributed by atoms with Crippen LogP contribution in [0.2, 0.25) is 0 Å². The Morgan fingerprint density at radius 2 is 1.83 bits per heavy atom. The molecule has 4 amide bonds. The van der Waals surface area contributed by atoms with Crippen LogP contribution in [0.25, 0.3) is 21.8 Å². The van der Waals surface area contributed by atoms with Gasteiger partial charge in [-0.1, -0.05) is 48.5 Å². The first kappa shape index (κ1) is 23.9. The van der Waals surface area contributed by atoms with Gasteiger partial charge in [-0.25, -0.2) is 9.78 Å². The number of urea groups is 1. The summed E-state index contributed by atoms with van der Waals surface area (Å²) in [5.41, 5.74) is 1.12. The number of imide groups is 1. The molecule has 9 heteroatoms. The van der Waals surface area contributed by atoms with E-state index in [4.69, 9.17) is 0 Å². The minimum atomic E-state index is -1.25. The van der Waals surface area contributed by atoms with E-state index < -0.39 is 23.4 Å². The van der Waals surface area contributed by atoms with Crippen LogP contribution < -0.4 is 10.6 Å². The second kappa shape index (κ2) is 9.66. The Bertz CT molecular complexity index is 1440. The molecule has 1 aliphatic rings. The van der Waals surface area contributed by atoms with Gasteiger partial charge in [-0.3, -0.25) is 14.5 Å².